The van der Waals surface area contributed by atoms with Crippen LogP contribution in [0.4, 0.5) is 5.69 Å². The van der Waals surface area contributed by atoms with Crippen LogP contribution in [0.5, 0.6) is 5.75 Å². The van der Waals surface area contributed by atoms with Crippen LogP contribution in [0, 0.1) is 5.41 Å². The molecule has 8 nitrogen and oxygen atoms in total. The van der Waals surface area contributed by atoms with Gasteiger partial charge in [0.25, 0.3) is 11.8 Å². The predicted molar refractivity (Wildman–Crippen MR) is 86.4 cm³/mol. The number of carbonyl (C=O) groups is 2. The van der Waals surface area contributed by atoms with Crippen molar-refractivity contribution in [1.29, 1.82) is 5.41 Å². The molecule has 1 aromatic carbocycles. The fraction of sp³-hybridized carbons (Fsp3) is 0.125. The molecule has 2 aromatic rings. The number of rotatable bonds is 3. The molecule has 0 radical (unpaired) electrons. The van der Waals surface area contributed by atoms with Gasteiger partial charge in [-0.2, -0.15) is 0 Å². The van der Waals surface area contributed by atoms with Gasteiger partial charge in [0.05, 0.1) is 5.69 Å². The van der Waals surface area contributed by atoms with E-state index in [4.69, 9.17) is 16.0 Å². The molecule has 8 heteroatoms. The van der Waals surface area contributed by atoms with Crippen LogP contribution in [-0.2, 0) is 9.59 Å². The highest BCUT2D eigenvalue weighted by atomic mass is 16.5. The Morgan fingerprint density at radius 2 is 2.04 bits per heavy atom. The van der Waals surface area contributed by atoms with Crippen LogP contribution in [0.3, 0.4) is 0 Å². The number of amidine groups is 1. The summed E-state index contributed by atoms with van der Waals surface area (Å²) in [5.41, 5.74) is 0.766. The number of hydrogen-bond acceptors (Lipinski definition) is 6. The Bertz CT molecular complexity index is 793. The van der Waals surface area contributed by atoms with Crippen LogP contribution in [0.15, 0.2) is 48.7 Å². The van der Waals surface area contributed by atoms with Crippen molar-refractivity contribution in [2.24, 2.45) is 5.84 Å². The largest absolute Gasteiger partial charge is 0.482 e. The summed E-state index contributed by atoms with van der Waals surface area (Å²) in [6.45, 7) is -0.433. The number of pyridine rings is 1. The molecule has 1 aliphatic heterocycles. The minimum atomic E-state index is -0.601. The lowest BCUT2D eigenvalue weighted by molar-refractivity contribution is -0.129. The van der Waals surface area contributed by atoms with E-state index in [1.807, 2.05) is 0 Å². The first-order chi connectivity index (χ1) is 11.6. The summed E-state index contributed by atoms with van der Waals surface area (Å²) in [4.78, 5) is 29.7. The second-order valence-corrected chi connectivity index (χ2v) is 5.06. The number of nitrogens with zero attached hydrogens (tertiary/aromatic N) is 3. The van der Waals surface area contributed by atoms with E-state index in [1.165, 1.54) is 11.1 Å². The lowest BCUT2D eigenvalue weighted by Crippen LogP contribution is -2.50. The van der Waals surface area contributed by atoms with Gasteiger partial charge >= 0.3 is 0 Å². The first-order valence-corrected chi connectivity index (χ1v) is 7.17. The Kier molecular flexibility index (Phi) is 4.21. The van der Waals surface area contributed by atoms with Crippen LogP contribution >= 0.6 is 0 Å². The van der Waals surface area contributed by atoms with E-state index >= 15 is 0 Å². The Balaban J connectivity index is 1.77. The van der Waals surface area contributed by atoms with Gasteiger partial charge in [0.1, 0.15) is 18.0 Å². The van der Waals surface area contributed by atoms with Crippen LogP contribution < -0.4 is 15.5 Å². The monoisotopic (exact) mass is 325 g/mol. The average molecular weight is 325 g/mol. The normalized spacial score (nSPS) is 13.0. The minimum absolute atomic E-state index is 0.146. The molecule has 3 rings (SSSR count). The Morgan fingerprint density at radius 1 is 1.29 bits per heavy atom. The van der Waals surface area contributed by atoms with Gasteiger partial charge in [-0.3, -0.25) is 24.9 Å². The highest BCUT2D eigenvalue weighted by Crippen LogP contribution is 2.31. The number of para-hydroxylation sites is 2. The third kappa shape index (κ3) is 2.95. The Hall–Kier alpha value is -3.26. The van der Waals surface area contributed by atoms with Crippen molar-refractivity contribution in [3.05, 3.63) is 54.4 Å². The zero-order chi connectivity index (χ0) is 17.1. The molecular formula is C16H15N5O3. The highest BCUT2D eigenvalue weighted by Gasteiger charge is 2.29. The first kappa shape index (κ1) is 15.6. The van der Waals surface area contributed by atoms with Crippen molar-refractivity contribution in [2.45, 2.75) is 0 Å². The number of ether oxygens (including phenoxy) is 1. The second kappa shape index (κ2) is 6.47. The van der Waals surface area contributed by atoms with E-state index in [0.717, 1.165) is 0 Å². The lowest BCUT2D eigenvalue weighted by Gasteiger charge is -2.30. The van der Waals surface area contributed by atoms with Gasteiger partial charge in [-0.1, -0.05) is 18.2 Å². The van der Waals surface area contributed by atoms with Gasteiger partial charge < -0.3 is 4.74 Å². The van der Waals surface area contributed by atoms with Crippen molar-refractivity contribution >= 4 is 23.3 Å². The fourth-order valence-corrected chi connectivity index (χ4v) is 2.29. The maximum Gasteiger partial charge on any atom is 0.265 e. The van der Waals surface area contributed by atoms with Gasteiger partial charge in [0.15, 0.2) is 12.4 Å². The lowest BCUT2D eigenvalue weighted by atomic mass is 10.2. The Morgan fingerprint density at radius 3 is 2.79 bits per heavy atom. The molecule has 0 bridgehead atoms. The van der Waals surface area contributed by atoms with E-state index in [1.54, 1.807) is 42.5 Å². The summed E-state index contributed by atoms with van der Waals surface area (Å²) in [6, 6.07) is 11.9. The summed E-state index contributed by atoms with van der Waals surface area (Å²) in [5.74, 6) is 5.06. The summed E-state index contributed by atoms with van der Waals surface area (Å²) in [6.07, 6.45) is 1.50. The van der Waals surface area contributed by atoms with E-state index in [9.17, 15) is 9.59 Å². The Labute approximate surface area is 137 Å². The number of hydrogen-bond donors (Lipinski definition) is 2. The third-order valence-corrected chi connectivity index (χ3v) is 3.52. The molecule has 24 heavy (non-hydrogen) atoms. The molecule has 0 saturated heterocycles. The number of anilines is 1. The smallest absolute Gasteiger partial charge is 0.265 e. The van der Waals surface area contributed by atoms with Gasteiger partial charge in [-0.05, 0) is 24.3 Å². The van der Waals surface area contributed by atoms with E-state index < -0.39 is 5.91 Å². The van der Waals surface area contributed by atoms with Crippen LogP contribution in [-0.4, -0.2) is 40.8 Å². The molecule has 1 aliphatic rings. The fourth-order valence-electron chi connectivity index (χ4n) is 2.29. The van der Waals surface area contributed by atoms with Crippen molar-refractivity contribution in [1.82, 2.24) is 9.99 Å². The van der Waals surface area contributed by atoms with E-state index in [-0.39, 0.29) is 30.6 Å². The molecule has 1 aromatic heterocycles. The van der Waals surface area contributed by atoms with Crippen LogP contribution in [0.1, 0.15) is 5.69 Å². The summed E-state index contributed by atoms with van der Waals surface area (Å²) >= 11 is 0. The molecule has 0 aliphatic carbocycles. The number of hydrazine groups is 1. The molecule has 2 amide bonds. The number of fused-ring (bicyclic) bond motifs is 1. The number of amides is 2. The number of benzene rings is 1. The molecule has 0 saturated carbocycles. The molecule has 0 atom stereocenters. The predicted octanol–water partition coefficient (Wildman–Crippen LogP) is 0.535. The number of nitrogens with one attached hydrogen (secondary N) is 1. The zero-order valence-electron chi connectivity index (χ0n) is 12.7. The van der Waals surface area contributed by atoms with Crippen molar-refractivity contribution in [2.75, 3.05) is 18.1 Å². The second-order valence-electron chi connectivity index (χ2n) is 5.06. The maximum atomic E-state index is 12.4. The first-order valence-electron chi connectivity index (χ1n) is 7.17. The van der Waals surface area contributed by atoms with Crippen LogP contribution in [0.25, 0.3) is 0 Å². The summed E-state index contributed by atoms with van der Waals surface area (Å²) in [7, 11) is 0. The number of nitrogens with two attached hydrogens (primary N) is 1. The molecule has 2 heterocycles. The zero-order valence-corrected chi connectivity index (χ0v) is 12.7. The van der Waals surface area contributed by atoms with Gasteiger partial charge in [-0.15, -0.1) is 0 Å². The quantitative estimate of drug-likeness (QED) is 0.281. The highest BCUT2D eigenvalue weighted by molar-refractivity contribution is 6.08. The molecular weight excluding hydrogens is 310 g/mol. The average Bonchev–Trinajstić information content (AvgIpc) is 2.63. The van der Waals surface area contributed by atoms with Crippen molar-refractivity contribution < 1.29 is 14.3 Å². The number of carbonyl (C=O) groups excluding carboxylic acids is 2. The topological polar surface area (TPSA) is 113 Å². The summed E-state index contributed by atoms with van der Waals surface area (Å²) < 4.78 is 5.33. The molecule has 3 N–H and O–H groups in total. The van der Waals surface area contributed by atoms with E-state index in [2.05, 4.69) is 4.98 Å². The standard InChI is InChI=1S/C16H15N5O3/c17-16(11-5-3-4-8-19-11)21(18)14(22)9-20-12-6-1-2-7-13(12)24-10-15(20)23/h1-8,17H,9-10,18H2. The molecule has 0 fully saturated rings. The third-order valence-electron chi connectivity index (χ3n) is 3.52. The van der Waals surface area contributed by atoms with Crippen LogP contribution in [0.2, 0.25) is 0 Å². The van der Waals surface area contributed by atoms with Gasteiger partial charge in [0, 0.05) is 6.20 Å². The van der Waals surface area contributed by atoms with Crippen molar-refractivity contribution in [3.8, 4) is 5.75 Å². The summed E-state index contributed by atoms with van der Waals surface area (Å²) in [5, 5.41) is 8.66. The van der Waals surface area contributed by atoms with E-state index in [0.29, 0.717) is 16.4 Å². The molecule has 0 unspecified atom stereocenters. The maximum absolute atomic E-state index is 12.4. The van der Waals surface area contributed by atoms with Gasteiger partial charge in [-0.25, -0.2) is 10.9 Å². The minimum Gasteiger partial charge on any atom is -0.482 e. The van der Waals surface area contributed by atoms with Gasteiger partial charge in [0.2, 0.25) is 0 Å². The van der Waals surface area contributed by atoms with Crippen molar-refractivity contribution in [3.63, 3.8) is 0 Å². The number of aromatic nitrogens is 1. The SMILES string of the molecule is N=C(c1ccccn1)N(N)C(=O)CN1C(=O)COc2ccccc21. The molecule has 122 valence electrons. The molecule has 0 spiro atoms.